The van der Waals surface area contributed by atoms with Crippen molar-refractivity contribution >= 4 is 34.4 Å². The van der Waals surface area contributed by atoms with E-state index in [1.165, 1.54) is 6.92 Å². The molecule has 0 bridgehead atoms. The lowest BCUT2D eigenvalue weighted by atomic mass is 10.0. The van der Waals surface area contributed by atoms with Crippen LogP contribution in [-0.4, -0.2) is 24.5 Å². The molecule has 0 aliphatic carbocycles. The van der Waals surface area contributed by atoms with Crippen LogP contribution in [0.25, 0.3) is 11.0 Å². The first-order valence-corrected chi connectivity index (χ1v) is 9.04. The van der Waals surface area contributed by atoms with Gasteiger partial charge in [-0.3, -0.25) is 4.79 Å². The van der Waals surface area contributed by atoms with Gasteiger partial charge in [-0.05, 0) is 42.7 Å². The van der Waals surface area contributed by atoms with Gasteiger partial charge in [0.2, 0.25) is 5.76 Å². The highest BCUT2D eigenvalue weighted by Crippen LogP contribution is 2.23. The normalized spacial score (nSPS) is 13.1. The fourth-order valence-electron chi connectivity index (χ4n) is 2.68. The fourth-order valence-corrected chi connectivity index (χ4v) is 2.86. The second kappa shape index (κ2) is 8.27. The smallest absolute Gasteiger partial charge is 0.375 e. The SMILES string of the molecule is C[C@H](OC(=O)c1cc2cc(Cl)ccc2o1)C(=O)NC[C@H](C)c1ccccc1. The van der Waals surface area contributed by atoms with Crippen LogP contribution in [0.15, 0.2) is 59.0 Å². The minimum atomic E-state index is -0.933. The number of carbonyl (C=O) groups is 2. The molecule has 2 aromatic carbocycles. The molecule has 1 aromatic heterocycles. The van der Waals surface area contributed by atoms with Gasteiger partial charge in [0.15, 0.2) is 6.10 Å². The Balaban J connectivity index is 1.56. The summed E-state index contributed by atoms with van der Waals surface area (Å²) in [6.45, 7) is 4.00. The van der Waals surface area contributed by atoms with Crippen LogP contribution in [0.2, 0.25) is 5.02 Å². The van der Waals surface area contributed by atoms with Crippen LogP contribution < -0.4 is 5.32 Å². The molecule has 140 valence electrons. The third-order valence-electron chi connectivity index (χ3n) is 4.28. The van der Waals surface area contributed by atoms with E-state index in [2.05, 4.69) is 5.32 Å². The molecule has 0 spiro atoms. The molecule has 3 rings (SSSR count). The van der Waals surface area contributed by atoms with Crippen molar-refractivity contribution in [1.82, 2.24) is 5.32 Å². The van der Waals surface area contributed by atoms with E-state index in [-0.39, 0.29) is 17.6 Å². The van der Waals surface area contributed by atoms with Crippen molar-refractivity contribution in [1.29, 1.82) is 0 Å². The quantitative estimate of drug-likeness (QED) is 0.632. The maximum absolute atomic E-state index is 12.2. The maximum Gasteiger partial charge on any atom is 0.375 e. The number of fused-ring (bicyclic) bond motifs is 1. The second-order valence-electron chi connectivity index (χ2n) is 6.40. The summed E-state index contributed by atoms with van der Waals surface area (Å²) in [6, 6.07) is 16.5. The monoisotopic (exact) mass is 385 g/mol. The van der Waals surface area contributed by atoms with Crippen molar-refractivity contribution in [2.75, 3.05) is 6.54 Å². The predicted molar refractivity (Wildman–Crippen MR) is 104 cm³/mol. The Bertz CT molecular complexity index is 951. The van der Waals surface area contributed by atoms with Crippen LogP contribution >= 0.6 is 11.6 Å². The van der Waals surface area contributed by atoms with Gasteiger partial charge in [0.05, 0.1) is 0 Å². The molecule has 2 atom stereocenters. The van der Waals surface area contributed by atoms with Crippen LogP contribution in [0.1, 0.15) is 35.9 Å². The van der Waals surface area contributed by atoms with Crippen molar-refractivity contribution < 1.29 is 18.7 Å². The van der Waals surface area contributed by atoms with E-state index in [4.69, 9.17) is 20.8 Å². The predicted octanol–water partition coefficient (Wildman–Crippen LogP) is 4.55. The molecule has 0 radical (unpaired) electrons. The van der Waals surface area contributed by atoms with Crippen molar-refractivity contribution in [3.8, 4) is 0 Å². The topological polar surface area (TPSA) is 68.5 Å². The molecule has 0 saturated carbocycles. The average Bonchev–Trinajstić information content (AvgIpc) is 3.09. The summed E-state index contributed by atoms with van der Waals surface area (Å²) in [5.74, 6) is -0.867. The molecular formula is C21H20ClNO4. The van der Waals surface area contributed by atoms with Gasteiger partial charge in [-0.25, -0.2) is 4.79 Å². The Kier molecular flexibility index (Phi) is 5.81. The molecule has 0 fully saturated rings. The molecule has 27 heavy (non-hydrogen) atoms. The summed E-state index contributed by atoms with van der Waals surface area (Å²) in [5.41, 5.74) is 1.66. The molecule has 0 unspecified atom stereocenters. The van der Waals surface area contributed by atoms with Gasteiger partial charge in [-0.2, -0.15) is 0 Å². The first-order chi connectivity index (χ1) is 12.9. The highest BCUT2D eigenvalue weighted by Gasteiger charge is 2.22. The van der Waals surface area contributed by atoms with Crippen LogP contribution in [0.5, 0.6) is 0 Å². The molecule has 0 aliphatic rings. The Morgan fingerprint density at radius 2 is 1.85 bits per heavy atom. The average molecular weight is 386 g/mol. The van der Waals surface area contributed by atoms with Crippen LogP contribution in [0, 0.1) is 0 Å². The van der Waals surface area contributed by atoms with Gasteiger partial charge in [0, 0.05) is 17.0 Å². The maximum atomic E-state index is 12.2. The minimum Gasteiger partial charge on any atom is -0.449 e. The summed E-state index contributed by atoms with van der Waals surface area (Å²) >= 11 is 5.93. The van der Waals surface area contributed by atoms with E-state index >= 15 is 0 Å². The van der Waals surface area contributed by atoms with Crippen molar-refractivity contribution in [3.63, 3.8) is 0 Å². The van der Waals surface area contributed by atoms with Gasteiger partial charge >= 0.3 is 5.97 Å². The molecule has 6 heteroatoms. The number of furan rings is 1. The van der Waals surface area contributed by atoms with Crippen LogP contribution in [0.3, 0.4) is 0 Å². The number of nitrogens with one attached hydrogen (secondary N) is 1. The number of halogens is 1. The molecule has 1 N–H and O–H groups in total. The molecular weight excluding hydrogens is 366 g/mol. The molecule has 0 saturated heterocycles. The standard InChI is InChI=1S/C21H20ClNO4/c1-13(15-6-4-3-5-7-15)12-23-20(24)14(2)26-21(25)19-11-16-10-17(22)8-9-18(16)27-19/h3-11,13-14H,12H2,1-2H3,(H,23,24)/t13-,14-/m0/s1. The van der Waals surface area contributed by atoms with Crippen LogP contribution in [-0.2, 0) is 9.53 Å². The zero-order valence-corrected chi connectivity index (χ0v) is 15.8. The summed E-state index contributed by atoms with van der Waals surface area (Å²) in [4.78, 5) is 24.5. The highest BCUT2D eigenvalue weighted by molar-refractivity contribution is 6.31. The van der Waals surface area contributed by atoms with E-state index < -0.39 is 12.1 Å². The Morgan fingerprint density at radius 3 is 2.59 bits per heavy atom. The molecule has 0 aliphatic heterocycles. The number of benzene rings is 2. The second-order valence-corrected chi connectivity index (χ2v) is 6.83. The Morgan fingerprint density at radius 1 is 1.11 bits per heavy atom. The van der Waals surface area contributed by atoms with E-state index in [9.17, 15) is 9.59 Å². The first-order valence-electron chi connectivity index (χ1n) is 8.67. The van der Waals surface area contributed by atoms with E-state index in [1.807, 2.05) is 37.3 Å². The highest BCUT2D eigenvalue weighted by atomic mass is 35.5. The molecule has 5 nitrogen and oxygen atoms in total. The number of carbonyl (C=O) groups excluding carboxylic acids is 2. The molecule has 3 aromatic rings. The summed E-state index contributed by atoms with van der Waals surface area (Å²) in [7, 11) is 0. The first kappa shape index (κ1) is 19.0. The minimum absolute atomic E-state index is 0.0320. The third kappa shape index (κ3) is 4.68. The lowest BCUT2D eigenvalue weighted by Crippen LogP contribution is -2.37. The van der Waals surface area contributed by atoms with E-state index in [0.717, 1.165) is 5.56 Å². The van der Waals surface area contributed by atoms with E-state index in [0.29, 0.717) is 22.5 Å². The van der Waals surface area contributed by atoms with Crippen LogP contribution in [0.4, 0.5) is 0 Å². The van der Waals surface area contributed by atoms with Gasteiger partial charge in [0.25, 0.3) is 5.91 Å². The summed E-state index contributed by atoms with van der Waals surface area (Å²) < 4.78 is 10.7. The lowest BCUT2D eigenvalue weighted by Gasteiger charge is -2.16. The number of ether oxygens (including phenoxy) is 1. The number of amides is 1. The summed E-state index contributed by atoms with van der Waals surface area (Å²) in [6.07, 6.45) is -0.933. The Labute approximate surface area is 162 Å². The fraction of sp³-hybridized carbons (Fsp3) is 0.238. The van der Waals surface area contributed by atoms with Crippen molar-refractivity contribution in [3.05, 3.63) is 70.9 Å². The largest absolute Gasteiger partial charge is 0.449 e. The number of hydrogen-bond acceptors (Lipinski definition) is 4. The van der Waals surface area contributed by atoms with Gasteiger partial charge in [-0.1, -0.05) is 48.9 Å². The summed E-state index contributed by atoms with van der Waals surface area (Å²) in [5, 5.41) is 4.05. The lowest BCUT2D eigenvalue weighted by molar-refractivity contribution is -0.129. The number of rotatable bonds is 6. The third-order valence-corrected chi connectivity index (χ3v) is 4.52. The van der Waals surface area contributed by atoms with E-state index in [1.54, 1.807) is 24.3 Å². The number of hydrogen-bond donors (Lipinski definition) is 1. The van der Waals surface area contributed by atoms with Crippen molar-refractivity contribution in [2.24, 2.45) is 0 Å². The molecule has 1 amide bonds. The Hall–Kier alpha value is -2.79. The van der Waals surface area contributed by atoms with Gasteiger partial charge in [0.1, 0.15) is 5.58 Å². The van der Waals surface area contributed by atoms with Gasteiger partial charge < -0.3 is 14.5 Å². The zero-order chi connectivity index (χ0) is 19.4. The van der Waals surface area contributed by atoms with Crippen molar-refractivity contribution in [2.45, 2.75) is 25.9 Å². The molecule has 1 heterocycles. The zero-order valence-electron chi connectivity index (χ0n) is 15.1. The number of esters is 1. The van der Waals surface area contributed by atoms with Gasteiger partial charge in [-0.15, -0.1) is 0 Å².